The van der Waals surface area contributed by atoms with Crippen molar-refractivity contribution in [1.82, 2.24) is 9.55 Å². The van der Waals surface area contributed by atoms with Crippen molar-refractivity contribution in [2.24, 2.45) is 5.73 Å². The molecule has 7 heteroatoms. The average Bonchev–Trinajstić information content (AvgIpc) is 3.18. The van der Waals surface area contributed by atoms with Crippen molar-refractivity contribution in [3.63, 3.8) is 0 Å². The summed E-state index contributed by atoms with van der Waals surface area (Å²) in [6, 6.07) is 6.75. The van der Waals surface area contributed by atoms with Gasteiger partial charge in [0.1, 0.15) is 16.7 Å². The SMILES string of the molecule is CCC(C(N)=O)n1c(Cc2cccc(Cl)c2)nc2sc3c(c2c1=O)CCC3. The van der Waals surface area contributed by atoms with Crippen LogP contribution in [-0.2, 0) is 24.1 Å². The Morgan fingerprint density at radius 2 is 2.22 bits per heavy atom. The molecule has 0 radical (unpaired) electrons. The van der Waals surface area contributed by atoms with Gasteiger partial charge in [0.2, 0.25) is 5.91 Å². The fourth-order valence-corrected chi connectivity index (χ4v) is 5.37. The van der Waals surface area contributed by atoms with Gasteiger partial charge in [0.15, 0.2) is 0 Å². The number of hydrogen-bond acceptors (Lipinski definition) is 4. The zero-order valence-electron chi connectivity index (χ0n) is 15.0. The molecule has 5 nitrogen and oxygen atoms in total. The first-order valence-corrected chi connectivity index (χ1v) is 10.3. The lowest BCUT2D eigenvalue weighted by molar-refractivity contribution is -0.121. The number of carbonyl (C=O) groups is 1. The fraction of sp³-hybridized carbons (Fsp3) is 0.350. The number of benzene rings is 1. The zero-order chi connectivity index (χ0) is 19.1. The molecule has 0 saturated carbocycles. The summed E-state index contributed by atoms with van der Waals surface area (Å²) in [6.45, 7) is 1.85. The lowest BCUT2D eigenvalue weighted by Gasteiger charge is -2.19. The number of primary amides is 1. The van der Waals surface area contributed by atoms with Crippen LogP contribution in [0.2, 0.25) is 5.02 Å². The van der Waals surface area contributed by atoms with Crippen LogP contribution < -0.4 is 11.3 Å². The second kappa shape index (κ2) is 7.09. The lowest BCUT2D eigenvalue weighted by Crippen LogP contribution is -2.36. The van der Waals surface area contributed by atoms with E-state index in [-0.39, 0.29) is 5.56 Å². The van der Waals surface area contributed by atoms with Crippen LogP contribution in [0.3, 0.4) is 0 Å². The van der Waals surface area contributed by atoms with Gasteiger partial charge in [-0.2, -0.15) is 0 Å². The van der Waals surface area contributed by atoms with E-state index in [0.29, 0.717) is 29.1 Å². The Hall–Kier alpha value is -2.18. The van der Waals surface area contributed by atoms with Crippen LogP contribution in [0.1, 0.15) is 47.6 Å². The molecule has 0 bridgehead atoms. The van der Waals surface area contributed by atoms with Crippen molar-refractivity contribution < 1.29 is 4.79 Å². The Morgan fingerprint density at radius 3 is 2.93 bits per heavy atom. The summed E-state index contributed by atoms with van der Waals surface area (Å²) in [5.41, 5.74) is 7.51. The highest BCUT2D eigenvalue weighted by atomic mass is 35.5. The molecule has 4 rings (SSSR count). The third kappa shape index (κ3) is 3.17. The lowest BCUT2D eigenvalue weighted by atomic mass is 10.1. The Bertz CT molecular complexity index is 1100. The molecule has 1 amide bonds. The van der Waals surface area contributed by atoms with Gasteiger partial charge < -0.3 is 5.73 Å². The smallest absolute Gasteiger partial charge is 0.263 e. The van der Waals surface area contributed by atoms with Crippen molar-refractivity contribution in [3.8, 4) is 0 Å². The van der Waals surface area contributed by atoms with E-state index >= 15 is 0 Å². The maximum absolute atomic E-state index is 13.4. The minimum absolute atomic E-state index is 0.151. The highest BCUT2D eigenvalue weighted by Crippen LogP contribution is 2.35. The van der Waals surface area contributed by atoms with Crippen molar-refractivity contribution in [2.45, 2.75) is 45.1 Å². The molecule has 2 aromatic heterocycles. The zero-order valence-corrected chi connectivity index (χ0v) is 16.6. The summed E-state index contributed by atoms with van der Waals surface area (Å²) in [4.78, 5) is 32.3. The molecule has 1 unspecified atom stereocenters. The summed E-state index contributed by atoms with van der Waals surface area (Å²) in [5, 5.41) is 1.29. The number of halogens is 1. The van der Waals surface area contributed by atoms with Gasteiger partial charge in [0, 0.05) is 16.3 Å². The second-order valence-corrected chi connectivity index (χ2v) is 8.39. The molecular weight excluding hydrogens is 382 g/mol. The van der Waals surface area contributed by atoms with Crippen LogP contribution in [-0.4, -0.2) is 15.5 Å². The van der Waals surface area contributed by atoms with Crippen LogP contribution in [0.4, 0.5) is 0 Å². The number of thiophene rings is 1. The Balaban J connectivity index is 1.95. The summed E-state index contributed by atoms with van der Waals surface area (Å²) in [7, 11) is 0. The molecule has 1 atom stereocenters. The van der Waals surface area contributed by atoms with Gasteiger partial charge >= 0.3 is 0 Å². The Kier molecular flexibility index (Phi) is 4.78. The third-order valence-corrected chi connectivity index (χ3v) is 6.54. The van der Waals surface area contributed by atoms with Crippen LogP contribution in [0.25, 0.3) is 10.2 Å². The summed E-state index contributed by atoms with van der Waals surface area (Å²) >= 11 is 7.71. The van der Waals surface area contributed by atoms with Gasteiger partial charge in [0.25, 0.3) is 5.56 Å². The van der Waals surface area contributed by atoms with E-state index < -0.39 is 11.9 Å². The highest BCUT2D eigenvalue weighted by Gasteiger charge is 2.27. The molecule has 0 fully saturated rings. The molecule has 1 aliphatic rings. The third-order valence-electron chi connectivity index (χ3n) is 5.12. The van der Waals surface area contributed by atoms with Gasteiger partial charge in [-0.1, -0.05) is 30.7 Å². The predicted molar refractivity (Wildman–Crippen MR) is 109 cm³/mol. The number of hydrogen-bond donors (Lipinski definition) is 1. The van der Waals surface area contributed by atoms with Crippen LogP contribution in [0.15, 0.2) is 29.1 Å². The van der Waals surface area contributed by atoms with Crippen LogP contribution in [0.5, 0.6) is 0 Å². The van der Waals surface area contributed by atoms with Gasteiger partial charge in [-0.25, -0.2) is 4.98 Å². The average molecular weight is 402 g/mol. The molecule has 0 saturated heterocycles. The summed E-state index contributed by atoms with van der Waals surface area (Å²) in [6.07, 6.45) is 3.81. The largest absolute Gasteiger partial charge is 0.368 e. The topological polar surface area (TPSA) is 78.0 Å². The number of fused-ring (bicyclic) bond motifs is 3. The number of amides is 1. The van der Waals surface area contributed by atoms with Crippen LogP contribution >= 0.6 is 22.9 Å². The first-order chi connectivity index (χ1) is 13.0. The Morgan fingerprint density at radius 1 is 1.41 bits per heavy atom. The van der Waals surface area contributed by atoms with Gasteiger partial charge in [-0.3, -0.25) is 14.2 Å². The number of aromatic nitrogens is 2. The first kappa shape index (κ1) is 18.2. The van der Waals surface area contributed by atoms with Crippen LogP contribution in [0, 0.1) is 0 Å². The van der Waals surface area contributed by atoms with E-state index in [1.807, 2.05) is 25.1 Å². The quantitative estimate of drug-likeness (QED) is 0.709. The van der Waals surface area contributed by atoms with E-state index in [1.165, 1.54) is 9.44 Å². The first-order valence-electron chi connectivity index (χ1n) is 9.09. The number of rotatable bonds is 5. The predicted octanol–water partition coefficient (Wildman–Crippen LogP) is 3.63. The van der Waals surface area contributed by atoms with Crippen molar-refractivity contribution in [2.75, 3.05) is 0 Å². The molecule has 2 heterocycles. The van der Waals surface area contributed by atoms with E-state index in [2.05, 4.69) is 0 Å². The van der Waals surface area contributed by atoms with E-state index in [0.717, 1.165) is 35.2 Å². The maximum Gasteiger partial charge on any atom is 0.263 e. The molecule has 140 valence electrons. The highest BCUT2D eigenvalue weighted by molar-refractivity contribution is 7.18. The molecule has 0 spiro atoms. The fourth-order valence-electron chi connectivity index (χ4n) is 3.88. The monoisotopic (exact) mass is 401 g/mol. The normalized spacial score (nSPS) is 14.4. The second-order valence-electron chi connectivity index (χ2n) is 6.87. The summed E-state index contributed by atoms with van der Waals surface area (Å²) < 4.78 is 1.51. The molecule has 1 aliphatic carbocycles. The van der Waals surface area contributed by atoms with Gasteiger partial charge in [0.05, 0.1) is 5.39 Å². The van der Waals surface area contributed by atoms with Crippen molar-refractivity contribution in [1.29, 1.82) is 0 Å². The number of aryl methyl sites for hydroxylation is 2. The van der Waals surface area contributed by atoms with E-state index in [9.17, 15) is 9.59 Å². The number of carbonyl (C=O) groups excluding carboxylic acids is 1. The molecular formula is C20H20ClN3O2S. The molecule has 1 aromatic carbocycles. The molecule has 2 N–H and O–H groups in total. The minimum Gasteiger partial charge on any atom is -0.368 e. The summed E-state index contributed by atoms with van der Waals surface area (Å²) in [5.74, 6) is 0.0420. The number of nitrogens with two attached hydrogens (primary N) is 1. The van der Waals surface area contributed by atoms with Crippen molar-refractivity contribution in [3.05, 3.63) is 61.5 Å². The molecule has 0 aliphatic heterocycles. The molecule has 3 aromatic rings. The van der Waals surface area contributed by atoms with E-state index in [1.54, 1.807) is 17.4 Å². The minimum atomic E-state index is -0.708. The number of nitrogens with zero attached hydrogens (tertiary/aromatic N) is 2. The Labute approximate surface area is 165 Å². The molecule has 27 heavy (non-hydrogen) atoms. The maximum atomic E-state index is 13.4. The van der Waals surface area contributed by atoms with Gasteiger partial charge in [-0.05, 0) is 48.9 Å². The van der Waals surface area contributed by atoms with E-state index in [4.69, 9.17) is 22.3 Å². The van der Waals surface area contributed by atoms with Crippen molar-refractivity contribution >= 4 is 39.1 Å². The van der Waals surface area contributed by atoms with Gasteiger partial charge in [-0.15, -0.1) is 11.3 Å². The standard InChI is InChI=1S/C20H20ClN3O2S/c1-2-14(18(22)25)24-16(10-11-5-3-6-12(21)9-11)23-19-17(20(24)26)13-7-4-8-15(13)27-19/h3,5-6,9,14H,2,4,7-8,10H2,1H3,(H2,22,25).